The number of thioether (sulfide) groups is 1. The second-order valence-electron chi connectivity index (χ2n) is 6.64. The minimum atomic E-state index is -4.90. The molecule has 12 heteroatoms. The zero-order chi connectivity index (χ0) is 22.2. The molecule has 1 aliphatic rings. The summed E-state index contributed by atoms with van der Waals surface area (Å²) in [6.07, 6.45) is -4.28. The Morgan fingerprint density at radius 2 is 1.87 bits per heavy atom. The lowest BCUT2D eigenvalue weighted by Gasteiger charge is -2.30. The molecule has 162 valence electrons. The number of rotatable bonds is 5. The van der Waals surface area contributed by atoms with E-state index in [1.54, 1.807) is 0 Å². The van der Waals surface area contributed by atoms with Gasteiger partial charge in [-0.05, 0) is 55.3 Å². The predicted molar refractivity (Wildman–Crippen MR) is 106 cm³/mol. The van der Waals surface area contributed by atoms with Crippen molar-refractivity contribution in [2.24, 2.45) is 10.7 Å². The van der Waals surface area contributed by atoms with Crippen LogP contribution < -0.4 is 15.2 Å². The molecule has 1 aliphatic heterocycles. The van der Waals surface area contributed by atoms with E-state index in [0.717, 1.165) is 30.3 Å². The van der Waals surface area contributed by atoms with Crippen LogP contribution >= 0.6 is 11.8 Å². The molecule has 0 saturated heterocycles. The zero-order valence-electron chi connectivity index (χ0n) is 15.5. The fourth-order valence-electron chi connectivity index (χ4n) is 2.86. The Hall–Kier alpha value is -2.47. The first-order valence-electron chi connectivity index (χ1n) is 8.55. The highest BCUT2D eigenvalue weighted by molar-refractivity contribution is 8.13. The number of halogens is 4. The molecule has 0 spiro atoms. The summed E-state index contributed by atoms with van der Waals surface area (Å²) in [5.41, 5.74) is 5.31. The second-order valence-corrected chi connectivity index (χ2v) is 9.44. The molecule has 2 aromatic carbocycles. The molecule has 0 bridgehead atoms. The van der Waals surface area contributed by atoms with Gasteiger partial charge in [-0.2, -0.15) is 0 Å². The highest BCUT2D eigenvalue weighted by Crippen LogP contribution is 2.37. The van der Waals surface area contributed by atoms with E-state index in [2.05, 4.69) is 14.5 Å². The molecular formula is C18H17F4N3O3S2. The fraction of sp³-hybridized carbons (Fsp3) is 0.278. The zero-order valence-corrected chi connectivity index (χ0v) is 17.2. The number of nitrogens with zero attached hydrogens (tertiary/aromatic N) is 1. The van der Waals surface area contributed by atoms with E-state index in [1.807, 2.05) is 6.92 Å². The number of amidine groups is 1. The Labute approximate surface area is 174 Å². The van der Waals surface area contributed by atoms with Crippen molar-refractivity contribution in [1.29, 1.82) is 0 Å². The molecule has 0 aliphatic carbocycles. The van der Waals surface area contributed by atoms with E-state index < -0.39 is 33.5 Å². The van der Waals surface area contributed by atoms with Crippen molar-refractivity contribution in [1.82, 2.24) is 0 Å². The van der Waals surface area contributed by atoms with Gasteiger partial charge in [-0.25, -0.2) is 12.8 Å². The molecule has 0 amide bonds. The number of benzene rings is 2. The number of anilines is 1. The van der Waals surface area contributed by atoms with Gasteiger partial charge in [-0.15, -0.1) is 13.2 Å². The maximum atomic E-state index is 14.3. The van der Waals surface area contributed by atoms with Crippen LogP contribution in [0.2, 0.25) is 0 Å². The summed E-state index contributed by atoms with van der Waals surface area (Å²) in [5.74, 6) is -0.686. The summed E-state index contributed by atoms with van der Waals surface area (Å²) in [6.45, 7) is 1.81. The first-order valence-corrected chi connectivity index (χ1v) is 11.0. The normalized spacial score (nSPS) is 19.8. The number of hydrogen-bond donors (Lipinski definition) is 2. The molecule has 1 unspecified atom stereocenters. The molecule has 2 aromatic rings. The van der Waals surface area contributed by atoms with Gasteiger partial charge >= 0.3 is 6.36 Å². The quantitative estimate of drug-likeness (QED) is 0.649. The van der Waals surface area contributed by atoms with Crippen molar-refractivity contribution in [2.75, 3.05) is 10.5 Å². The van der Waals surface area contributed by atoms with Crippen LogP contribution in [-0.2, 0) is 15.6 Å². The summed E-state index contributed by atoms with van der Waals surface area (Å²) >= 11 is 1.40. The Kier molecular flexibility index (Phi) is 5.92. The van der Waals surface area contributed by atoms with Gasteiger partial charge in [-0.3, -0.25) is 9.71 Å². The largest absolute Gasteiger partial charge is 0.573 e. The van der Waals surface area contributed by atoms with Gasteiger partial charge in [0.15, 0.2) is 5.17 Å². The third-order valence-corrected chi connectivity index (χ3v) is 6.57. The molecule has 0 radical (unpaired) electrons. The molecule has 3 N–H and O–H groups in total. The number of ether oxygens (including phenoxy) is 1. The molecule has 1 atom stereocenters. The topological polar surface area (TPSA) is 93.8 Å². The van der Waals surface area contributed by atoms with Crippen molar-refractivity contribution in [3.63, 3.8) is 0 Å². The summed E-state index contributed by atoms with van der Waals surface area (Å²) in [6, 6.07) is 7.52. The SMILES string of the molecule is CC1(c2ccc(F)c(NS(=O)(=O)c3ccc(OC(F)(F)F)cc3)c2)CCSC(N)=N1. The summed E-state index contributed by atoms with van der Waals surface area (Å²) < 4.78 is 82.0. The maximum Gasteiger partial charge on any atom is 0.573 e. The lowest BCUT2D eigenvalue weighted by molar-refractivity contribution is -0.274. The van der Waals surface area contributed by atoms with Gasteiger partial charge in [0.2, 0.25) is 0 Å². The third kappa shape index (κ3) is 5.17. The summed E-state index contributed by atoms with van der Waals surface area (Å²) in [5, 5.41) is 0.386. The van der Waals surface area contributed by atoms with Crippen LogP contribution in [0.1, 0.15) is 18.9 Å². The number of aliphatic imine (C=N–C) groups is 1. The molecule has 6 nitrogen and oxygen atoms in total. The van der Waals surface area contributed by atoms with Gasteiger partial charge in [-0.1, -0.05) is 17.8 Å². The Morgan fingerprint density at radius 1 is 1.20 bits per heavy atom. The van der Waals surface area contributed by atoms with Crippen LogP contribution in [0, 0.1) is 5.82 Å². The Morgan fingerprint density at radius 3 is 2.47 bits per heavy atom. The van der Waals surface area contributed by atoms with E-state index >= 15 is 0 Å². The molecule has 0 aromatic heterocycles. The monoisotopic (exact) mass is 463 g/mol. The molecule has 0 saturated carbocycles. The standard InChI is InChI=1S/C18H17F4N3O3S2/c1-17(8-9-29-16(23)24-17)11-2-7-14(19)15(10-11)25-30(26,27)13-5-3-12(4-6-13)28-18(20,21)22/h2-7,10,25H,8-9H2,1H3,(H2,23,24). The van der Waals surface area contributed by atoms with Gasteiger partial charge in [0.25, 0.3) is 10.0 Å². The number of nitrogens with one attached hydrogen (secondary N) is 1. The minimum Gasteiger partial charge on any atom is -0.406 e. The van der Waals surface area contributed by atoms with Crippen LogP contribution in [0.25, 0.3) is 0 Å². The number of alkyl halides is 3. The van der Waals surface area contributed by atoms with Crippen molar-refractivity contribution in [2.45, 2.75) is 30.1 Å². The third-order valence-electron chi connectivity index (χ3n) is 4.40. The lowest BCUT2D eigenvalue weighted by atomic mass is 9.89. The van der Waals surface area contributed by atoms with Crippen LogP contribution in [0.5, 0.6) is 5.75 Å². The predicted octanol–water partition coefficient (Wildman–Crippen LogP) is 4.19. The summed E-state index contributed by atoms with van der Waals surface area (Å²) in [4.78, 5) is 4.04. The highest BCUT2D eigenvalue weighted by Gasteiger charge is 2.32. The maximum absolute atomic E-state index is 14.3. The molecule has 3 rings (SSSR count). The van der Waals surface area contributed by atoms with Gasteiger partial charge in [0, 0.05) is 5.75 Å². The van der Waals surface area contributed by atoms with Gasteiger partial charge < -0.3 is 10.5 Å². The Bertz CT molecular complexity index is 1070. The number of hydrogen-bond acceptors (Lipinski definition) is 6. The first kappa shape index (κ1) is 22.2. The second kappa shape index (κ2) is 7.99. The van der Waals surface area contributed by atoms with Crippen molar-refractivity contribution >= 4 is 32.6 Å². The van der Waals surface area contributed by atoms with Gasteiger partial charge in [0.05, 0.1) is 16.1 Å². The Balaban J connectivity index is 1.87. The fourth-order valence-corrected chi connectivity index (χ4v) is 4.89. The average Bonchev–Trinajstić information content (AvgIpc) is 2.62. The average molecular weight is 463 g/mol. The molecule has 1 heterocycles. The van der Waals surface area contributed by atoms with Gasteiger partial charge in [0.1, 0.15) is 11.6 Å². The van der Waals surface area contributed by atoms with E-state index in [1.165, 1.54) is 23.9 Å². The van der Waals surface area contributed by atoms with Crippen LogP contribution in [0.15, 0.2) is 52.4 Å². The van der Waals surface area contributed by atoms with E-state index in [-0.39, 0.29) is 10.6 Å². The first-order chi connectivity index (χ1) is 13.9. The number of sulfonamides is 1. The molecular weight excluding hydrogens is 446 g/mol. The van der Waals surface area contributed by atoms with E-state index in [0.29, 0.717) is 22.9 Å². The molecule has 0 fully saturated rings. The lowest BCUT2D eigenvalue weighted by Crippen LogP contribution is -2.29. The van der Waals surface area contributed by atoms with Crippen LogP contribution in [0.4, 0.5) is 23.2 Å². The van der Waals surface area contributed by atoms with Crippen LogP contribution in [-0.4, -0.2) is 25.7 Å². The number of nitrogens with two attached hydrogens (primary N) is 1. The van der Waals surface area contributed by atoms with Crippen molar-refractivity contribution in [3.8, 4) is 5.75 Å². The van der Waals surface area contributed by atoms with Crippen molar-refractivity contribution in [3.05, 3.63) is 53.8 Å². The smallest absolute Gasteiger partial charge is 0.406 e. The summed E-state index contributed by atoms with van der Waals surface area (Å²) in [7, 11) is -4.27. The highest BCUT2D eigenvalue weighted by atomic mass is 32.2. The van der Waals surface area contributed by atoms with Crippen molar-refractivity contribution < 1.29 is 30.7 Å². The van der Waals surface area contributed by atoms with E-state index in [4.69, 9.17) is 5.73 Å². The van der Waals surface area contributed by atoms with Crippen LogP contribution in [0.3, 0.4) is 0 Å². The molecule has 30 heavy (non-hydrogen) atoms. The van der Waals surface area contributed by atoms with E-state index in [9.17, 15) is 26.0 Å². The minimum absolute atomic E-state index is 0.309.